The number of hydrogen-bond acceptors (Lipinski definition) is 9. The monoisotopic (exact) mass is 480 g/mol. The number of amides is 1. The Labute approximate surface area is 200 Å². The number of hydrogen-bond donors (Lipinski definition) is 1. The number of carbonyl (C=O) groups excluding carboxylic acids is 1. The van der Waals surface area contributed by atoms with Crippen LogP contribution in [0.2, 0.25) is 0 Å². The molecule has 0 rings (SSSR count). The van der Waals surface area contributed by atoms with Gasteiger partial charge in [-0.2, -0.15) is 0 Å². The summed E-state index contributed by atoms with van der Waals surface area (Å²) in [5.74, 6) is 0.0689. The molecular weight excluding hydrogens is 432 g/mol. The van der Waals surface area contributed by atoms with Gasteiger partial charge in [-0.1, -0.05) is 6.92 Å². The van der Waals surface area contributed by atoms with Gasteiger partial charge < -0.3 is 43.4 Å². The summed E-state index contributed by atoms with van der Waals surface area (Å²) in [4.78, 5) is 13.4. The van der Waals surface area contributed by atoms with Crippen molar-refractivity contribution in [2.24, 2.45) is 0 Å². The van der Waals surface area contributed by atoms with Crippen molar-refractivity contribution in [1.82, 2.24) is 10.2 Å². The molecule has 0 spiro atoms. The Morgan fingerprint density at radius 2 is 0.970 bits per heavy atom. The van der Waals surface area contributed by atoms with Crippen LogP contribution >= 0.6 is 0 Å². The predicted molar refractivity (Wildman–Crippen MR) is 127 cm³/mol. The van der Waals surface area contributed by atoms with Crippen LogP contribution < -0.4 is 5.32 Å². The zero-order valence-corrected chi connectivity index (χ0v) is 21.1. The van der Waals surface area contributed by atoms with Gasteiger partial charge in [0.15, 0.2) is 0 Å². The third-order valence-corrected chi connectivity index (χ3v) is 4.17. The van der Waals surface area contributed by atoms with Gasteiger partial charge in [0.05, 0.1) is 85.9 Å². The van der Waals surface area contributed by atoms with Gasteiger partial charge in [-0.25, -0.2) is 0 Å². The Kier molecular flexibility index (Phi) is 26.7. The lowest BCUT2D eigenvalue weighted by atomic mass is 10.3. The van der Waals surface area contributed by atoms with E-state index in [-0.39, 0.29) is 5.91 Å². The molecular formula is C23H48N2O8. The molecule has 0 aromatic rings. The second kappa shape index (κ2) is 27.4. The van der Waals surface area contributed by atoms with E-state index in [9.17, 15) is 4.79 Å². The Hall–Kier alpha value is -0.850. The lowest BCUT2D eigenvalue weighted by molar-refractivity contribution is -0.121. The summed E-state index contributed by atoms with van der Waals surface area (Å²) in [5.41, 5.74) is 0. The summed E-state index contributed by atoms with van der Waals surface area (Å²) < 4.78 is 38.0. The minimum Gasteiger partial charge on any atom is -0.379 e. The molecule has 33 heavy (non-hydrogen) atoms. The van der Waals surface area contributed by atoms with Crippen molar-refractivity contribution in [3.63, 3.8) is 0 Å². The van der Waals surface area contributed by atoms with Crippen LogP contribution in [0.5, 0.6) is 0 Å². The van der Waals surface area contributed by atoms with E-state index in [1.54, 1.807) is 0 Å². The second-order valence-corrected chi connectivity index (χ2v) is 7.54. The lowest BCUT2D eigenvalue weighted by Gasteiger charge is -2.10. The predicted octanol–water partition coefficient (Wildman–Crippen LogP) is 0.971. The fourth-order valence-electron chi connectivity index (χ4n) is 2.48. The van der Waals surface area contributed by atoms with Gasteiger partial charge in [0.2, 0.25) is 5.91 Å². The number of nitrogens with zero attached hydrogens (tertiary/aromatic N) is 1. The lowest BCUT2D eigenvalue weighted by Crippen LogP contribution is -2.27. The average molecular weight is 481 g/mol. The van der Waals surface area contributed by atoms with E-state index in [1.165, 1.54) is 0 Å². The van der Waals surface area contributed by atoms with Crippen molar-refractivity contribution in [2.75, 3.05) is 120 Å². The van der Waals surface area contributed by atoms with E-state index in [0.29, 0.717) is 98.9 Å². The molecule has 0 aliphatic rings. The third-order valence-electron chi connectivity index (χ3n) is 4.17. The van der Waals surface area contributed by atoms with E-state index in [0.717, 1.165) is 26.0 Å². The molecule has 0 saturated heterocycles. The van der Waals surface area contributed by atoms with Crippen LogP contribution in [0.1, 0.15) is 26.2 Å². The van der Waals surface area contributed by atoms with Crippen LogP contribution in [0.4, 0.5) is 0 Å². The molecule has 198 valence electrons. The van der Waals surface area contributed by atoms with Gasteiger partial charge in [0.1, 0.15) is 0 Å². The third kappa shape index (κ3) is 29.1. The molecule has 1 N–H and O–H groups in total. The Bertz CT molecular complexity index is 403. The normalized spacial score (nSPS) is 11.4. The minimum absolute atomic E-state index is 0.0689. The van der Waals surface area contributed by atoms with E-state index in [4.69, 9.17) is 33.2 Å². The molecule has 0 aromatic heterocycles. The van der Waals surface area contributed by atoms with Crippen molar-refractivity contribution >= 4 is 5.91 Å². The summed E-state index contributed by atoms with van der Waals surface area (Å²) in [5, 5.41) is 2.79. The average Bonchev–Trinajstić information content (AvgIpc) is 2.79. The Balaban J connectivity index is 3.04. The largest absolute Gasteiger partial charge is 0.379 e. The zero-order chi connectivity index (χ0) is 24.2. The molecule has 0 saturated carbocycles. The molecule has 0 heterocycles. The second-order valence-electron chi connectivity index (χ2n) is 7.54. The maximum absolute atomic E-state index is 11.3. The summed E-state index contributed by atoms with van der Waals surface area (Å²) in [6.45, 7) is 11.3. The first-order valence-electron chi connectivity index (χ1n) is 12.1. The molecule has 0 bridgehead atoms. The SMILES string of the molecule is CCCC(=O)NCCOCCOCCOCCOCCOCCOCCOCCCN(C)C. The molecule has 0 aliphatic heterocycles. The summed E-state index contributed by atoms with van der Waals surface area (Å²) in [6, 6.07) is 0. The smallest absolute Gasteiger partial charge is 0.220 e. The zero-order valence-electron chi connectivity index (χ0n) is 21.1. The maximum atomic E-state index is 11.3. The van der Waals surface area contributed by atoms with Crippen molar-refractivity contribution in [1.29, 1.82) is 0 Å². The molecule has 10 nitrogen and oxygen atoms in total. The number of carbonyl (C=O) groups is 1. The summed E-state index contributed by atoms with van der Waals surface area (Å²) in [7, 11) is 4.11. The van der Waals surface area contributed by atoms with Crippen LogP contribution in [0.25, 0.3) is 0 Å². The van der Waals surface area contributed by atoms with E-state index in [1.807, 2.05) is 6.92 Å². The molecule has 0 fully saturated rings. The highest BCUT2D eigenvalue weighted by molar-refractivity contribution is 5.75. The molecule has 0 radical (unpaired) electrons. The quantitative estimate of drug-likeness (QED) is 0.173. The van der Waals surface area contributed by atoms with E-state index >= 15 is 0 Å². The van der Waals surface area contributed by atoms with Gasteiger partial charge in [-0.3, -0.25) is 4.79 Å². The van der Waals surface area contributed by atoms with Crippen molar-refractivity contribution < 1.29 is 38.0 Å². The number of nitrogens with one attached hydrogen (secondary N) is 1. The highest BCUT2D eigenvalue weighted by Crippen LogP contribution is 1.88. The van der Waals surface area contributed by atoms with Gasteiger partial charge in [0, 0.05) is 19.6 Å². The van der Waals surface area contributed by atoms with Gasteiger partial charge >= 0.3 is 0 Å². The van der Waals surface area contributed by atoms with Gasteiger partial charge in [0.25, 0.3) is 0 Å². The Morgan fingerprint density at radius 3 is 1.33 bits per heavy atom. The van der Waals surface area contributed by atoms with Gasteiger partial charge in [-0.15, -0.1) is 0 Å². The molecule has 0 aromatic carbocycles. The first-order chi connectivity index (χ1) is 16.2. The van der Waals surface area contributed by atoms with Crippen LogP contribution in [0, 0.1) is 0 Å². The minimum atomic E-state index is 0.0689. The molecule has 0 unspecified atom stereocenters. The first kappa shape index (κ1) is 32.1. The van der Waals surface area contributed by atoms with Crippen LogP contribution in [0.15, 0.2) is 0 Å². The highest BCUT2D eigenvalue weighted by atomic mass is 16.6. The molecule has 0 atom stereocenters. The Morgan fingerprint density at radius 1 is 0.606 bits per heavy atom. The van der Waals surface area contributed by atoms with Crippen molar-refractivity contribution in [3.05, 3.63) is 0 Å². The van der Waals surface area contributed by atoms with E-state index < -0.39 is 0 Å². The molecule has 10 heteroatoms. The standard InChI is InChI=1S/C23H48N2O8/c1-4-6-23(26)24-7-10-28-12-14-30-16-18-32-20-22-33-21-19-31-17-15-29-13-11-27-9-5-8-25(2)3/h4-22H2,1-3H3,(H,24,26). The van der Waals surface area contributed by atoms with Crippen LogP contribution in [-0.2, 0) is 38.0 Å². The topological polar surface area (TPSA) is 97.0 Å². The maximum Gasteiger partial charge on any atom is 0.220 e. The van der Waals surface area contributed by atoms with E-state index in [2.05, 4.69) is 24.3 Å². The summed E-state index contributed by atoms with van der Waals surface area (Å²) in [6.07, 6.45) is 2.45. The first-order valence-corrected chi connectivity index (χ1v) is 12.1. The van der Waals surface area contributed by atoms with Crippen molar-refractivity contribution in [2.45, 2.75) is 26.2 Å². The molecule has 0 aliphatic carbocycles. The number of ether oxygens (including phenoxy) is 7. The fourth-order valence-corrected chi connectivity index (χ4v) is 2.48. The van der Waals surface area contributed by atoms with Gasteiger partial charge in [-0.05, 0) is 33.5 Å². The molecule has 1 amide bonds. The van der Waals surface area contributed by atoms with Crippen LogP contribution in [-0.4, -0.2) is 130 Å². The van der Waals surface area contributed by atoms with Crippen molar-refractivity contribution in [3.8, 4) is 0 Å². The fraction of sp³-hybridized carbons (Fsp3) is 0.957. The van der Waals surface area contributed by atoms with Crippen LogP contribution in [0.3, 0.4) is 0 Å². The summed E-state index contributed by atoms with van der Waals surface area (Å²) >= 11 is 0. The highest BCUT2D eigenvalue weighted by Gasteiger charge is 1.98. The number of rotatable bonds is 27.